The number of allylic oxidation sites excluding steroid dienone is 1. The van der Waals surface area contributed by atoms with Gasteiger partial charge in [-0.25, -0.2) is 0 Å². The van der Waals surface area contributed by atoms with E-state index in [2.05, 4.69) is 18.8 Å². The first-order valence-corrected chi connectivity index (χ1v) is 4.59. The van der Waals surface area contributed by atoms with Gasteiger partial charge in [0, 0.05) is 6.42 Å². The van der Waals surface area contributed by atoms with Crippen LogP contribution >= 0.6 is 0 Å². The molecule has 2 nitrogen and oxygen atoms in total. The van der Waals surface area contributed by atoms with Crippen molar-refractivity contribution in [3.63, 3.8) is 0 Å². The summed E-state index contributed by atoms with van der Waals surface area (Å²) >= 11 is 0. The second kappa shape index (κ2) is 7.04. The van der Waals surface area contributed by atoms with Gasteiger partial charge in [0.2, 0.25) is 0 Å². The highest BCUT2D eigenvalue weighted by atomic mass is 16.1. The molecule has 1 N–H and O–H groups in total. The first-order chi connectivity index (χ1) is 5.70. The SMILES string of the molecule is C=C(CC)CC(=O)CNCCC. The van der Waals surface area contributed by atoms with E-state index in [4.69, 9.17) is 0 Å². The monoisotopic (exact) mass is 169 g/mol. The molecule has 0 spiro atoms. The molecule has 0 aromatic rings. The Morgan fingerprint density at radius 1 is 1.42 bits per heavy atom. The standard InChI is InChI=1S/C10H19NO/c1-4-6-11-8-10(12)7-9(3)5-2/h11H,3-8H2,1-2H3. The first kappa shape index (κ1) is 11.4. The number of hydrogen-bond donors (Lipinski definition) is 1. The van der Waals surface area contributed by atoms with Crippen molar-refractivity contribution in [3.8, 4) is 0 Å². The molecule has 0 bridgehead atoms. The highest BCUT2D eigenvalue weighted by molar-refractivity contribution is 5.82. The fourth-order valence-corrected chi connectivity index (χ4v) is 0.871. The van der Waals surface area contributed by atoms with Crippen molar-refractivity contribution in [2.45, 2.75) is 33.1 Å². The van der Waals surface area contributed by atoms with Gasteiger partial charge in [0.1, 0.15) is 0 Å². The maximum Gasteiger partial charge on any atom is 0.150 e. The number of Topliss-reactive ketones (excluding diaryl/α,β-unsaturated/α-hetero) is 1. The van der Waals surface area contributed by atoms with Gasteiger partial charge in [-0.1, -0.05) is 26.0 Å². The molecule has 0 saturated carbocycles. The van der Waals surface area contributed by atoms with Crippen LogP contribution in [0.15, 0.2) is 12.2 Å². The Hall–Kier alpha value is -0.630. The predicted octanol–water partition coefficient (Wildman–Crippen LogP) is 1.91. The number of ketones is 1. The van der Waals surface area contributed by atoms with E-state index < -0.39 is 0 Å². The summed E-state index contributed by atoms with van der Waals surface area (Å²) in [6, 6.07) is 0. The van der Waals surface area contributed by atoms with E-state index in [1.165, 1.54) is 0 Å². The van der Waals surface area contributed by atoms with Gasteiger partial charge in [-0.15, -0.1) is 0 Å². The summed E-state index contributed by atoms with van der Waals surface area (Å²) < 4.78 is 0. The molecule has 70 valence electrons. The molecule has 0 aromatic carbocycles. The van der Waals surface area contributed by atoms with Crippen LogP contribution in [-0.2, 0) is 4.79 Å². The molecule has 0 radical (unpaired) electrons. The van der Waals surface area contributed by atoms with Gasteiger partial charge in [-0.2, -0.15) is 0 Å². The lowest BCUT2D eigenvalue weighted by Gasteiger charge is -2.02. The molecular formula is C10H19NO. The zero-order chi connectivity index (χ0) is 9.40. The van der Waals surface area contributed by atoms with Crippen LogP contribution < -0.4 is 5.32 Å². The maximum absolute atomic E-state index is 11.2. The van der Waals surface area contributed by atoms with Crippen LogP contribution in [0.25, 0.3) is 0 Å². The van der Waals surface area contributed by atoms with Crippen LogP contribution in [0.5, 0.6) is 0 Å². The molecule has 0 saturated heterocycles. The first-order valence-electron chi connectivity index (χ1n) is 4.59. The van der Waals surface area contributed by atoms with Crippen LogP contribution in [0.4, 0.5) is 0 Å². The van der Waals surface area contributed by atoms with E-state index in [1.807, 2.05) is 6.92 Å². The Morgan fingerprint density at radius 3 is 2.58 bits per heavy atom. The van der Waals surface area contributed by atoms with Crippen LogP contribution in [-0.4, -0.2) is 18.9 Å². The third-order valence-corrected chi connectivity index (χ3v) is 1.70. The van der Waals surface area contributed by atoms with Crippen LogP contribution in [0.2, 0.25) is 0 Å². The van der Waals surface area contributed by atoms with Crippen LogP contribution in [0, 0.1) is 0 Å². The van der Waals surface area contributed by atoms with Gasteiger partial charge in [0.05, 0.1) is 6.54 Å². The van der Waals surface area contributed by atoms with E-state index in [0.717, 1.165) is 25.0 Å². The van der Waals surface area contributed by atoms with E-state index in [0.29, 0.717) is 13.0 Å². The summed E-state index contributed by atoms with van der Waals surface area (Å²) in [6.07, 6.45) is 2.51. The van der Waals surface area contributed by atoms with Crippen molar-refractivity contribution in [2.24, 2.45) is 0 Å². The summed E-state index contributed by atoms with van der Waals surface area (Å²) in [5.41, 5.74) is 1.03. The molecule has 0 heterocycles. The highest BCUT2D eigenvalue weighted by Crippen LogP contribution is 2.02. The maximum atomic E-state index is 11.2. The Labute approximate surface area is 75.0 Å². The molecule has 0 unspecified atom stereocenters. The van der Waals surface area contributed by atoms with Gasteiger partial charge in [0.25, 0.3) is 0 Å². The molecule has 0 aliphatic heterocycles. The van der Waals surface area contributed by atoms with Crippen LogP contribution in [0.3, 0.4) is 0 Å². The van der Waals surface area contributed by atoms with Crippen molar-refractivity contribution in [1.82, 2.24) is 5.32 Å². The van der Waals surface area contributed by atoms with Gasteiger partial charge < -0.3 is 5.32 Å². The van der Waals surface area contributed by atoms with Gasteiger partial charge >= 0.3 is 0 Å². The topological polar surface area (TPSA) is 29.1 Å². The molecule has 0 aliphatic carbocycles. The number of carbonyl (C=O) groups is 1. The van der Waals surface area contributed by atoms with Crippen molar-refractivity contribution in [2.75, 3.05) is 13.1 Å². The molecule has 0 aromatic heterocycles. The molecule has 2 heteroatoms. The summed E-state index contributed by atoms with van der Waals surface area (Å²) in [5, 5.41) is 3.07. The highest BCUT2D eigenvalue weighted by Gasteiger charge is 2.01. The Balaban J connectivity index is 3.40. The average Bonchev–Trinajstić information content (AvgIpc) is 2.05. The normalized spacial score (nSPS) is 9.83. The summed E-state index contributed by atoms with van der Waals surface area (Å²) in [5.74, 6) is 0.246. The summed E-state index contributed by atoms with van der Waals surface area (Å²) in [4.78, 5) is 11.2. The molecule has 0 rings (SSSR count). The fourth-order valence-electron chi connectivity index (χ4n) is 0.871. The molecule has 0 atom stereocenters. The average molecular weight is 169 g/mol. The summed E-state index contributed by atoms with van der Waals surface area (Å²) in [7, 11) is 0. The van der Waals surface area contributed by atoms with Crippen molar-refractivity contribution < 1.29 is 4.79 Å². The zero-order valence-corrected chi connectivity index (χ0v) is 8.15. The number of nitrogens with one attached hydrogen (secondary N) is 1. The van der Waals surface area contributed by atoms with Crippen molar-refractivity contribution >= 4 is 5.78 Å². The molecule has 12 heavy (non-hydrogen) atoms. The van der Waals surface area contributed by atoms with E-state index in [-0.39, 0.29) is 5.78 Å². The third-order valence-electron chi connectivity index (χ3n) is 1.70. The largest absolute Gasteiger partial charge is 0.310 e. The van der Waals surface area contributed by atoms with E-state index in [9.17, 15) is 4.79 Å². The van der Waals surface area contributed by atoms with Crippen molar-refractivity contribution in [3.05, 3.63) is 12.2 Å². The molecular weight excluding hydrogens is 150 g/mol. The predicted molar refractivity (Wildman–Crippen MR) is 52.2 cm³/mol. The minimum absolute atomic E-state index is 0.246. The Kier molecular flexibility index (Phi) is 6.67. The van der Waals surface area contributed by atoms with Crippen LogP contribution in [0.1, 0.15) is 33.1 Å². The second-order valence-electron chi connectivity index (χ2n) is 3.00. The number of carbonyl (C=O) groups excluding carboxylic acids is 1. The van der Waals surface area contributed by atoms with Gasteiger partial charge in [-0.05, 0) is 19.4 Å². The Morgan fingerprint density at radius 2 is 2.08 bits per heavy atom. The second-order valence-corrected chi connectivity index (χ2v) is 3.00. The number of hydrogen-bond acceptors (Lipinski definition) is 2. The lowest BCUT2D eigenvalue weighted by atomic mass is 10.1. The molecule has 0 aliphatic rings. The smallest absolute Gasteiger partial charge is 0.150 e. The van der Waals surface area contributed by atoms with Gasteiger partial charge in [0.15, 0.2) is 5.78 Å². The lowest BCUT2D eigenvalue weighted by molar-refractivity contribution is -0.117. The lowest BCUT2D eigenvalue weighted by Crippen LogP contribution is -2.23. The third kappa shape index (κ3) is 6.10. The molecule has 0 fully saturated rings. The Bertz CT molecular complexity index is 152. The zero-order valence-electron chi connectivity index (χ0n) is 8.15. The molecule has 0 amide bonds. The van der Waals surface area contributed by atoms with Gasteiger partial charge in [-0.3, -0.25) is 4.79 Å². The fraction of sp³-hybridized carbons (Fsp3) is 0.700. The quantitative estimate of drug-likeness (QED) is 0.466. The summed E-state index contributed by atoms with van der Waals surface area (Å²) in [6.45, 7) is 9.32. The van der Waals surface area contributed by atoms with Crippen molar-refractivity contribution in [1.29, 1.82) is 0 Å². The van der Waals surface area contributed by atoms with E-state index in [1.54, 1.807) is 0 Å². The minimum Gasteiger partial charge on any atom is -0.310 e. The van der Waals surface area contributed by atoms with E-state index >= 15 is 0 Å². The number of rotatable bonds is 7. The minimum atomic E-state index is 0.246.